The van der Waals surface area contributed by atoms with Crippen molar-refractivity contribution in [3.63, 3.8) is 0 Å². The first-order valence-corrected chi connectivity index (χ1v) is 26.0. The van der Waals surface area contributed by atoms with E-state index in [4.69, 9.17) is 0 Å². The highest BCUT2D eigenvalue weighted by Gasteiger charge is 2.23. The van der Waals surface area contributed by atoms with Gasteiger partial charge >= 0.3 is 0 Å². The lowest BCUT2D eigenvalue weighted by Gasteiger charge is -2.28. The fraction of sp³-hybridized carbons (Fsp3) is 0. The summed E-state index contributed by atoms with van der Waals surface area (Å²) in [5.41, 5.74) is 16.0. The molecule has 2 nitrogen and oxygen atoms in total. The van der Waals surface area contributed by atoms with Crippen molar-refractivity contribution in [2.45, 2.75) is 0 Å². The molecule has 0 bridgehead atoms. The minimum Gasteiger partial charge on any atom is -0.310 e. The van der Waals surface area contributed by atoms with Crippen LogP contribution >= 0.6 is 22.7 Å². The van der Waals surface area contributed by atoms with Crippen LogP contribution in [0.3, 0.4) is 0 Å². The number of nitrogens with zero attached hydrogens (tertiary/aromatic N) is 2. The highest BCUT2D eigenvalue weighted by Crippen LogP contribution is 2.49. The molecule has 2 aromatic heterocycles. The largest absolute Gasteiger partial charge is 0.310 e. The van der Waals surface area contributed by atoms with E-state index < -0.39 is 0 Å². The summed E-state index contributed by atoms with van der Waals surface area (Å²) in [6, 6.07) is 99.4. The van der Waals surface area contributed by atoms with E-state index in [1.807, 2.05) is 22.7 Å². The van der Waals surface area contributed by atoms with Crippen molar-refractivity contribution in [2.75, 3.05) is 9.80 Å². The molecule has 0 unspecified atom stereocenters. The second-order valence-electron chi connectivity index (χ2n) is 18.1. The minimum absolute atomic E-state index is 1.08. The lowest BCUT2D eigenvalue weighted by atomic mass is 9.95. The van der Waals surface area contributed by atoms with Crippen LogP contribution in [0.4, 0.5) is 34.1 Å². The van der Waals surface area contributed by atoms with E-state index in [0.717, 1.165) is 39.7 Å². The molecule has 13 aromatic rings. The molecule has 11 aromatic carbocycles. The molecule has 0 aliphatic rings. The van der Waals surface area contributed by atoms with Gasteiger partial charge in [0.05, 0.1) is 5.69 Å². The van der Waals surface area contributed by atoms with Crippen molar-refractivity contribution < 1.29 is 0 Å². The maximum Gasteiger partial charge on any atom is 0.0560 e. The third-order valence-corrected chi connectivity index (χ3v) is 15.9. The van der Waals surface area contributed by atoms with Crippen molar-refractivity contribution in [2.24, 2.45) is 0 Å². The molecule has 0 fully saturated rings. The monoisotopic (exact) mass is 954 g/mol. The van der Waals surface area contributed by atoms with E-state index in [0.29, 0.717) is 0 Å². The normalized spacial score (nSPS) is 11.3. The summed E-state index contributed by atoms with van der Waals surface area (Å²) in [7, 11) is 0. The lowest BCUT2D eigenvalue weighted by molar-refractivity contribution is 1.29. The van der Waals surface area contributed by atoms with E-state index in [-0.39, 0.29) is 0 Å². The molecule has 13 rings (SSSR count). The van der Waals surface area contributed by atoms with E-state index in [1.54, 1.807) is 0 Å². The van der Waals surface area contributed by atoms with Gasteiger partial charge in [0.15, 0.2) is 0 Å². The summed E-state index contributed by atoms with van der Waals surface area (Å²) in [6.45, 7) is 0. The topological polar surface area (TPSA) is 6.48 Å². The molecule has 340 valence electrons. The first-order chi connectivity index (χ1) is 35.7. The van der Waals surface area contributed by atoms with Gasteiger partial charge in [0.2, 0.25) is 0 Å². The van der Waals surface area contributed by atoms with Gasteiger partial charge in [-0.25, -0.2) is 0 Å². The van der Waals surface area contributed by atoms with Gasteiger partial charge in [0, 0.05) is 68.8 Å². The molecule has 0 aliphatic heterocycles. The van der Waals surface area contributed by atoms with Crippen LogP contribution < -0.4 is 9.80 Å². The van der Waals surface area contributed by atoms with Crippen molar-refractivity contribution in [1.82, 2.24) is 0 Å². The predicted molar refractivity (Wildman–Crippen MR) is 312 cm³/mol. The van der Waals surface area contributed by atoms with Gasteiger partial charge in [-0.15, -0.1) is 22.7 Å². The number of thiophene rings is 2. The van der Waals surface area contributed by atoms with Crippen molar-refractivity contribution >= 4 is 109 Å². The number of hydrogen-bond acceptors (Lipinski definition) is 4. The first kappa shape index (κ1) is 43.2. The van der Waals surface area contributed by atoms with Gasteiger partial charge in [-0.1, -0.05) is 182 Å². The third kappa shape index (κ3) is 8.23. The maximum absolute atomic E-state index is 2.47. The number of anilines is 6. The smallest absolute Gasteiger partial charge is 0.0560 e. The van der Waals surface area contributed by atoms with E-state index >= 15 is 0 Å². The van der Waals surface area contributed by atoms with Crippen LogP contribution in [-0.2, 0) is 0 Å². The van der Waals surface area contributed by atoms with Crippen LogP contribution in [-0.4, -0.2) is 0 Å². The maximum atomic E-state index is 2.47. The predicted octanol–water partition coefficient (Wildman–Crippen LogP) is 20.3. The second kappa shape index (κ2) is 18.8. The fourth-order valence-electron chi connectivity index (χ4n) is 10.2. The molecule has 4 heteroatoms. The number of para-hydroxylation sites is 1. The summed E-state index contributed by atoms with van der Waals surface area (Å²) in [4.78, 5) is 4.89. The van der Waals surface area contributed by atoms with Gasteiger partial charge in [0.25, 0.3) is 0 Å². The number of benzene rings is 11. The Morgan fingerprint density at radius 2 is 0.708 bits per heavy atom. The zero-order valence-electron chi connectivity index (χ0n) is 39.3. The lowest BCUT2D eigenvalue weighted by Crippen LogP contribution is -2.11. The Bertz CT molecular complexity index is 3930. The summed E-state index contributed by atoms with van der Waals surface area (Å²) in [6.07, 6.45) is 2.38. The third-order valence-electron chi connectivity index (χ3n) is 13.6. The Kier molecular flexibility index (Phi) is 11.3. The Balaban J connectivity index is 1.06. The molecule has 72 heavy (non-hydrogen) atoms. The zero-order chi connectivity index (χ0) is 47.8. The molecule has 0 N–H and O–H groups in total. The first-order valence-electron chi connectivity index (χ1n) is 24.4. The summed E-state index contributed by atoms with van der Waals surface area (Å²) in [5.74, 6) is 0. The quantitative estimate of drug-likeness (QED) is 0.119. The van der Waals surface area contributed by atoms with Crippen molar-refractivity contribution in [1.29, 1.82) is 0 Å². The highest BCUT2D eigenvalue weighted by atomic mass is 32.1. The van der Waals surface area contributed by atoms with E-state index in [1.165, 1.54) is 79.3 Å². The molecule has 0 amide bonds. The second-order valence-corrected chi connectivity index (χ2v) is 20.3. The Morgan fingerprint density at radius 3 is 1.28 bits per heavy atom. The summed E-state index contributed by atoms with van der Waals surface area (Å²) < 4.78 is 5.04. The van der Waals surface area contributed by atoms with Crippen LogP contribution in [0.25, 0.3) is 74.2 Å². The molecule has 0 radical (unpaired) electrons. The molecule has 0 aliphatic carbocycles. The average Bonchev–Trinajstić information content (AvgIpc) is 4.02. The van der Waals surface area contributed by atoms with E-state index in [2.05, 4.69) is 289 Å². The van der Waals surface area contributed by atoms with E-state index in [9.17, 15) is 0 Å². The van der Waals surface area contributed by atoms with Gasteiger partial charge in [-0.05, 0) is 142 Å². The highest BCUT2D eigenvalue weighted by molar-refractivity contribution is 7.26. The Morgan fingerprint density at radius 1 is 0.292 bits per heavy atom. The molecule has 0 saturated carbocycles. The number of fused-ring (bicyclic) bond motifs is 6. The van der Waals surface area contributed by atoms with Crippen LogP contribution in [0.2, 0.25) is 0 Å². The van der Waals surface area contributed by atoms with Gasteiger partial charge < -0.3 is 9.80 Å². The van der Waals surface area contributed by atoms with Crippen LogP contribution in [0, 0.1) is 0 Å². The van der Waals surface area contributed by atoms with Crippen LogP contribution in [0.15, 0.2) is 273 Å². The summed E-state index contributed by atoms with van der Waals surface area (Å²) >= 11 is 3.71. The van der Waals surface area contributed by atoms with Crippen LogP contribution in [0.1, 0.15) is 16.7 Å². The molecule has 2 heterocycles. The Labute approximate surface area is 427 Å². The van der Waals surface area contributed by atoms with Gasteiger partial charge in [-0.2, -0.15) is 0 Å². The molecular formula is C68H46N2S2. The standard InChI is InChI=1S/C68H46N2S2/c1-6-18-48(19-7-1)50-30-34-55(35-31-50)70(56-36-32-51(33-37-56)49-20-8-2-9-21-49)63-43-47(42-60(52-22-10-3-11-23-52)53-24-12-4-13-25-53)44-67-68(63)62-46-58(39-41-66(62)72-67)69(54-26-14-5-15-27-54)57-38-40-65-61(45-57)59-28-16-17-29-64(59)71-65/h1-46H. The number of rotatable bonds is 11. The SMILES string of the molecule is C(=C(c1ccccc1)c1ccccc1)c1cc(N(c2ccc(-c3ccccc3)cc2)c2ccc(-c3ccccc3)cc2)c2c(c1)sc1ccc(N(c3ccccc3)c3ccc4sc5ccccc5c4c3)cc12. The molecular weight excluding hydrogens is 909 g/mol. The fourth-order valence-corrected chi connectivity index (χ4v) is 12.4. The van der Waals surface area contributed by atoms with Gasteiger partial charge in [0.1, 0.15) is 0 Å². The molecule has 0 atom stereocenters. The zero-order valence-corrected chi connectivity index (χ0v) is 40.9. The number of hydrogen-bond donors (Lipinski definition) is 0. The van der Waals surface area contributed by atoms with Crippen LogP contribution in [0.5, 0.6) is 0 Å². The summed E-state index contributed by atoms with van der Waals surface area (Å²) in [5, 5.41) is 4.98. The van der Waals surface area contributed by atoms with Crippen molar-refractivity contribution in [3.05, 3.63) is 290 Å². The molecule has 0 saturated heterocycles. The average molecular weight is 955 g/mol. The minimum atomic E-state index is 1.08. The molecule has 0 spiro atoms. The van der Waals surface area contributed by atoms with Crippen molar-refractivity contribution in [3.8, 4) is 22.3 Å². The Hall–Kier alpha value is -8.80. The van der Waals surface area contributed by atoms with Gasteiger partial charge in [-0.3, -0.25) is 0 Å².